The van der Waals surface area contributed by atoms with Crippen LogP contribution in [0.4, 0.5) is 5.95 Å². The first-order chi connectivity index (χ1) is 12.6. The molecule has 3 aromatic rings. The van der Waals surface area contributed by atoms with Gasteiger partial charge in [0.15, 0.2) is 5.82 Å². The van der Waals surface area contributed by atoms with Crippen molar-refractivity contribution in [1.29, 1.82) is 0 Å². The second-order valence-electron chi connectivity index (χ2n) is 6.23. The molecule has 1 unspecified atom stereocenters. The monoisotopic (exact) mass is 346 g/mol. The summed E-state index contributed by atoms with van der Waals surface area (Å²) in [5, 5.41) is 7.84. The normalized spacial score (nSPS) is 16.2. The smallest absolute Gasteiger partial charge is 0.248 e. The van der Waals surface area contributed by atoms with E-state index in [4.69, 9.17) is 5.73 Å². The minimum Gasteiger partial charge on any atom is -0.366 e. The number of primary amides is 1. The summed E-state index contributed by atoms with van der Waals surface area (Å²) >= 11 is 0. The van der Waals surface area contributed by atoms with Gasteiger partial charge in [0, 0.05) is 23.7 Å². The lowest BCUT2D eigenvalue weighted by atomic mass is 9.96. The number of hydrogen-bond acceptors (Lipinski definition) is 5. The van der Waals surface area contributed by atoms with E-state index in [2.05, 4.69) is 20.4 Å². The molecule has 7 heteroatoms. The maximum atomic E-state index is 12.1. The fraction of sp³-hybridized carbons (Fsp3) is 0.158. The zero-order valence-corrected chi connectivity index (χ0v) is 14.5. The Labute approximate surface area is 150 Å². The van der Waals surface area contributed by atoms with Crippen LogP contribution in [0, 0.1) is 6.92 Å². The maximum absolute atomic E-state index is 12.1. The van der Waals surface area contributed by atoms with Crippen molar-refractivity contribution in [1.82, 2.24) is 19.7 Å². The number of aromatic nitrogens is 4. The number of rotatable bonds is 3. The number of benzene rings is 1. The average molecular weight is 346 g/mol. The first-order valence-electron chi connectivity index (χ1n) is 8.26. The largest absolute Gasteiger partial charge is 0.366 e. The zero-order chi connectivity index (χ0) is 18.3. The molecule has 1 aliphatic heterocycles. The van der Waals surface area contributed by atoms with E-state index in [1.807, 2.05) is 50.2 Å². The van der Waals surface area contributed by atoms with E-state index >= 15 is 0 Å². The SMILES string of the molecule is CC1=C(C(N)=O)C(c2ccncc2)n2nc(-c3ccccc3C)nc2N1. The number of nitrogens with zero attached hydrogens (tertiary/aromatic N) is 4. The molecule has 130 valence electrons. The van der Waals surface area contributed by atoms with Gasteiger partial charge in [0.2, 0.25) is 11.9 Å². The van der Waals surface area contributed by atoms with E-state index in [9.17, 15) is 4.79 Å². The number of nitrogens with two attached hydrogens (primary N) is 1. The van der Waals surface area contributed by atoms with E-state index in [0.29, 0.717) is 23.0 Å². The van der Waals surface area contributed by atoms with Crippen molar-refractivity contribution in [2.75, 3.05) is 5.32 Å². The highest BCUT2D eigenvalue weighted by molar-refractivity contribution is 5.95. The molecule has 1 amide bonds. The third-order valence-electron chi connectivity index (χ3n) is 4.53. The number of aryl methyl sites for hydroxylation is 1. The van der Waals surface area contributed by atoms with Crippen molar-refractivity contribution in [2.24, 2.45) is 5.73 Å². The number of fused-ring (bicyclic) bond motifs is 1. The highest BCUT2D eigenvalue weighted by atomic mass is 16.1. The van der Waals surface area contributed by atoms with Gasteiger partial charge in [-0.2, -0.15) is 4.98 Å². The first kappa shape index (κ1) is 16.0. The lowest BCUT2D eigenvalue weighted by molar-refractivity contribution is -0.115. The topological polar surface area (TPSA) is 98.7 Å². The fourth-order valence-corrected chi connectivity index (χ4v) is 3.26. The minimum absolute atomic E-state index is 0.447. The maximum Gasteiger partial charge on any atom is 0.248 e. The Morgan fingerprint density at radius 3 is 2.58 bits per heavy atom. The summed E-state index contributed by atoms with van der Waals surface area (Å²) < 4.78 is 1.71. The molecular formula is C19H18N6O. The Bertz CT molecular complexity index is 1020. The molecular weight excluding hydrogens is 328 g/mol. The van der Waals surface area contributed by atoms with E-state index in [-0.39, 0.29) is 0 Å². The number of hydrogen-bond donors (Lipinski definition) is 2. The molecule has 0 bridgehead atoms. The molecule has 4 rings (SSSR count). The van der Waals surface area contributed by atoms with Crippen molar-refractivity contribution in [2.45, 2.75) is 19.9 Å². The molecule has 0 saturated heterocycles. The number of nitrogens with one attached hydrogen (secondary N) is 1. The molecule has 1 aliphatic rings. The summed E-state index contributed by atoms with van der Waals surface area (Å²) in [5.41, 5.74) is 9.71. The second kappa shape index (κ2) is 6.11. The molecule has 26 heavy (non-hydrogen) atoms. The van der Waals surface area contributed by atoms with E-state index < -0.39 is 11.9 Å². The van der Waals surface area contributed by atoms with Crippen LogP contribution in [0.2, 0.25) is 0 Å². The molecule has 0 aliphatic carbocycles. The van der Waals surface area contributed by atoms with Gasteiger partial charge in [-0.3, -0.25) is 9.78 Å². The molecule has 0 fully saturated rings. The molecule has 3 N–H and O–H groups in total. The number of anilines is 1. The third-order valence-corrected chi connectivity index (χ3v) is 4.53. The van der Waals surface area contributed by atoms with Crippen LogP contribution in [0.1, 0.15) is 24.1 Å². The van der Waals surface area contributed by atoms with Crippen molar-refractivity contribution in [3.8, 4) is 11.4 Å². The van der Waals surface area contributed by atoms with Gasteiger partial charge in [0.05, 0.1) is 5.57 Å². The van der Waals surface area contributed by atoms with Crippen molar-refractivity contribution in [3.05, 3.63) is 71.2 Å². The Balaban J connectivity index is 1.90. The molecule has 2 aromatic heterocycles. The van der Waals surface area contributed by atoms with Crippen LogP contribution in [0.5, 0.6) is 0 Å². The minimum atomic E-state index is -0.490. The van der Waals surface area contributed by atoms with Crippen LogP contribution in [0.25, 0.3) is 11.4 Å². The summed E-state index contributed by atoms with van der Waals surface area (Å²) in [6, 6.07) is 11.2. The summed E-state index contributed by atoms with van der Waals surface area (Å²) in [6.07, 6.45) is 3.37. The highest BCUT2D eigenvalue weighted by Gasteiger charge is 2.33. The molecule has 0 radical (unpaired) electrons. The van der Waals surface area contributed by atoms with E-state index in [0.717, 1.165) is 16.7 Å². The number of amides is 1. The highest BCUT2D eigenvalue weighted by Crippen LogP contribution is 2.36. The Kier molecular flexibility index (Phi) is 3.76. The third kappa shape index (κ3) is 2.54. The van der Waals surface area contributed by atoms with Crippen LogP contribution in [-0.4, -0.2) is 25.7 Å². The van der Waals surface area contributed by atoms with Gasteiger partial charge in [-0.1, -0.05) is 24.3 Å². The van der Waals surface area contributed by atoms with Gasteiger partial charge in [0.1, 0.15) is 6.04 Å². The number of pyridine rings is 1. The molecule has 1 aromatic carbocycles. The number of allylic oxidation sites excluding steroid dienone is 1. The van der Waals surface area contributed by atoms with Crippen LogP contribution < -0.4 is 11.1 Å². The summed E-state index contributed by atoms with van der Waals surface area (Å²) in [5.74, 6) is 0.686. The fourth-order valence-electron chi connectivity index (χ4n) is 3.26. The van der Waals surface area contributed by atoms with E-state index in [1.54, 1.807) is 17.1 Å². The van der Waals surface area contributed by atoms with Gasteiger partial charge >= 0.3 is 0 Å². The first-order valence-corrected chi connectivity index (χ1v) is 8.26. The summed E-state index contributed by atoms with van der Waals surface area (Å²) in [7, 11) is 0. The Morgan fingerprint density at radius 2 is 1.88 bits per heavy atom. The quantitative estimate of drug-likeness (QED) is 0.759. The standard InChI is InChI=1S/C19H18N6O/c1-11-5-3-4-6-14(11)18-23-19-22-12(2)15(17(20)26)16(25(19)24-18)13-7-9-21-10-8-13/h3-10,16H,1-2H3,(H2,20,26)(H,22,23,24). The van der Waals surface area contributed by atoms with Gasteiger partial charge in [0.25, 0.3) is 0 Å². The summed E-state index contributed by atoms with van der Waals surface area (Å²) in [4.78, 5) is 20.8. The Hall–Kier alpha value is -3.48. The van der Waals surface area contributed by atoms with Crippen molar-refractivity contribution < 1.29 is 4.79 Å². The van der Waals surface area contributed by atoms with Crippen LogP contribution >= 0.6 is 0 Å². The number of carbonyl (C=O) groups excluding carboxylic acids is 1. The van der Waals surface area contributed by atoms with Crippen LogP contribution in [0.15, 0.2) is 60.1 Å². The summed E-state index contributed by atoms with van der Waals surface area (Å²) in [6.45, 7) is 3.83. The van der Waals surface area contributed by atoms with Gasteiger partial charge in [-0.15, -0.1) is 5.10 Å². The zero-order valence-electron chi connectivity index (χ0n) is 14.5. The molecule has 7 nitrogen and oxygen atoms in total. The molecule has 0 spiro atoms. The van der Waals surface area contributed by atoms with Crippen molar-refractivity contribution in [3.63, 3.8) is 0 Å². The van der Waals surface area contributed by atoms with E-state index in [1.165, 1.54) is 0 Å². The Morgan fingerprint density at radius 1 is 1.15 bits per heavy atom. The lowest BCUT2D eigenvalue weighted by Crippen LogP contribution is -2.31. The van der Waals surface area contributed by atoms with Gasteiger partial charge in [-0.05, 0) is 37.1 Å². The average Bonchev–Trinajstić information content (AvgIpc) is 3.04. The molecule has 3 heterocycles. The number of carbonyl (C=O) groups is 1. The van der Waals surface area contributed by atoms with Crippen molar-refractivity contribution >= 4 is 11.9 Å². The second-order valence-corrected chi connectivity index (χ2v) is 6.23. The predicted molar refractivity (Wildman–Crippen MR) is 98.1 cm³/mol. The lowest BCUT2D eigenvalue weighted by Gasteiger charge is -2.27. The van der Waals surface area contributed by atoms with Crippen LogP contribution in [0.3, 0.4) is 0 Å². The van der Waals surface area contributed by atoms with Crippen LogP contribution in [-0.2, 0) is 4.79 Å². The molecule has 1 atom stereocenters. The van der Waals surface area contributed by atoms with Gasteiger partial charge < -0.3 is 11.1 Å². The van der Waals surface area contributed by atoms with Gasteiger partial charge in [-0.25, -0.2) is 4.68 Å². The molecule has 0 saturated carbocycles. The predicted octanol–water partition coefficient (Wildman–Crippen LogP) is 2.42.